The first-order chi connectivity index (χ1) is 7.48. The van der Waals surface area contributed by atoms with E-state index in [4.69, 9.17) is 5.73 Å². The third kappa shape index (κ3) is 2.28. The molecule has 0 aromatic carbocycles. The zero-order chi connectivity index (χ0) is 11.8. The van der Waals surface area contributed by atoms with Crippen LogP contribution in [-0.4, -0.2) is 10.9 Å². The molecule has 0 atom stereocenters. The van der Waals surface area contributed by atoms with Gasteiger partial charge in [-0.3, -0.25) is 4.98 Å². The fraction of sp³-hybridized carbons (Fsp3) is 0.545. The molecule has 0 amide bonds. The van der Waals surface area contributed by atoms with Crippen LogP contribution in [0.2, 0.25) is 0 Å². The van der Waals surface area contributed by atoms with Crippen LogP contribution in [0.25, 0.3) is 0 Å². The van der Waals surface area contributed by atoms with Gasteiger partial charge in [-0.1, -0.05) is 0 Å². The van der Waals surface area contributed by atoms with Gasteiger partial charge in [-0.25, -0.2) is 13.2 Å². The summed E-state index contributed by atoms with van der Waals surface area (Å²) in [6, 6.07) is 1.19. The number of nitrogens with two attached hydrogens (primary N) is 1. The quantitative estimate of drug-likeness (QED) is 0.805. The predicted octanol–water partition coefficient (Wildman–Crippen LogP) is 3.10. The van der Waals surface area contributed by atoms with Crippen LogP contribution in [-0.2, 0) is 0 Å². The van der Waals surface area contributed by atoms with Crippen LogP contribution in [0.4, 0.5) is 18.9 Å². The van der Waals surface area contributed by atoms with Crippen molar-refractivity contribution in [2.24, 2.45) is 0 Å². The highest BCUT2D eigenvalue weighted by Crippen LogP contribution is 2.40. The number of hydrogen-bond acceptors (Lipinski definition) is 2. The van der Waals surface area contributed by atoms with E-state index in [-0.39, 0.29) is 43.0 Å². The lowest BCUT2D eigenvalue weighted by Crippen LogP contribution is -2.24. The zero-order valence-corrected chi connectivity index (χ0v) is 8.72. The molecule has 5 heteroatoms. The van der Waals surface area contributed by atoms with Gasteiger partial charge in [0.1, 0.15) is 5.82 Å². The van der Waals surface area contributed by atoms with Crippen LogP contribution in [0, 0.1) is 5.82 Å². The Morgan fingerprint density at radius 1 is 1.31 bits per heavy atom. The molecule has 0 spiro atoms. The summed E-state index contributed by atoms with van der Waals surface area (Å²) in [4.78, 5) is 3.90. The van der Waals surface area contributed by atoms with Crippen molar-refractivity contribution in [2.45, 2.75) is 37.5 Å². The number of nitrogens with zero attached hydrogens (tertiary/aromatic N) is 1. The Labute approximate surface area is 91.7 Å². The fourth-order valence-corrected chi connectivity index (χ4v) is 2.08. The average Bonchev–Trinajstić information content (AvgIpc) is 2.19. The highest BCUT2D eigenvalue weighted by molar-refractivity contribution is 5.36. The van der Waals surface area contributed by atoms with E-state index in [1.165, 1.54) is 12.3 Å². The van der Waals surface area contributed by atoms with E-state index < -0.39 is 11.7 Å². The Kier molecular flexibility index (Phi) is 2.78. The second-order valence-electron chi connectivity index (χ2n) is 4.27. The van der Waals surface area contributed by atoms with E-state index in [0.717, 1.165) is 0 Å². The summed E-state index contributed by atoms with van der Waals surface area (Å²) in [5.41, 5.74) is 5.90. The monoisotopic (exact) mass is 230 g/mol. The second-order valence-corrected chi connectivity index (χ2v) is 4.27. The summed E-state index contributed by atoms with van der Waals surface area (Å²) in [6.07, 6.45) is 1.54. The average molecular weight is 230 g/mol. The minimum atomic E-state index is -2.60. The van der Waals surface area contributed by atoms with Crippen LogP contribution in [0.5, 0.6) is 0 Å². The third-order valence-corrected chi connectivity index (χ3v) is 2.99. The minimum absolute atomic E-state index is 0.191. The van der Waals surface area contributed by atoms with Gasteiger partial charge in [0.15, 0.2) is 0 Å². The summed E-state index contributed by atoms with van der Waals surface area (Å²) < 4.78 is 39.3. The molecule has 1 heterocycles. The molecule has 2 rings (SSSR count). The van der Waals surface area contributed by atoms with Crippen molar-refractivity contribution < 1.29 is 13.2 Å². The number of pyridine rings is 1. The normalized spacial score (nSPS) is 20.9. The van der Waals surface area contributed by atoms with Crippen molar-refractivity contribution in [1.82, 2.24) is 4.98 Å². The first-order valence-corrected chi connectivity index (χ1v) is 5.27. The Morgan fingerprint density at radius 2 is 1.94 bits per heavy atom. The first kappa shape index (κ1) is 11.2. The van der Waals surface area contributed by atoms with E-state index >= 15 is 0 Å². The molecule has 1 aliphatic rings. The molecule has 2 N–H and O–H groups in total. The second kappa shape index (κ2) is 3.96. The van der Waals surface area contributed by atoms with Gasteiger partial charge in [0.25, 0.3) is 0 Å². The predicted molar refractivity (Wildman–Crippen MR) is 54.8 cm³/mol. The van der Waals surface area contributed by atoms with E-state index in [1.54, 1.807) is 0 Å². The first-order valence-electron chi connectivity index (χ1n) is 5.27. The third-order valence-electron chi connectivity index (χ3n) is 2.99. The van der Waals surface area contributed by atoms with Crippen molar-refractivity contribution in [2.75, 3.05) is 5.73 Å². The fourth-order valence-electron chi connectivity index (χ4n) is 2.08. The van der Waals surface area contributed by atoms with Crippen molar-refractivity contribution in [1.29, 1.82) is 0 Å². The van der Waals surface area contributed by atoms with Gasteiger partial charge in [0.05, 0.1) is 17.6 Å². The molecule has 1 saturated carbocycles. The Balaban J connectivity index is 2.14. The molecule has 1 aromatic rings. The van der Waals surface area contributed by atoms with E-state index in [2.05, 4.69) is 4.98 Å². The van der Waals surface area contributed by atoms with Crippen molar-refractivity contribution >= 4 is 5.69 Å². The lowest BCUT2D eigenvalue weighted by molar-refractivity contribution is -0.0387. The standard InChI is InChI=1S/C11H13F3N2/c12-9-5-8(15)6-16-10(9)7-1-3-11(13,14)4-2-7/h5-7H,1-4,15H2. The Bertz CT molecular complexity index is 383. The zero-order valence-electron chi connectivity index (χ0n) is 8.72. The smallest absolute Gasteiger partial charge is 0.248 e. The van der Waals surface area contributed by atoms with Gasteiger partial charge in [-0.15, -0.1) is 0 Å². The van der Waals surface area contributed by atoms with Crippen LogP contribution in [0.3, 0.4) is 0 Å². The number of halogens is 3. The molecule has 0 saturated heterocycles. The number of nitrogen functional groups attached to an aromatic ring is 1. The molecular weight excluding hydrogens is 217 g/mol. The molecule has 2 nitrogen and oxygen atoms in total. The number of aromatic nitrogens is 1. The van der Waals surface area contributed by atoms with Gasteiger partial charge in [-0.05, 0) is 12.8 Å². The number of anilines is 1. The molecule has 16 heavy (non-hydrogen) atoms. The molecule has 0 unspecified atom stereocenters. The summed E-state index contributed by atoms with van der Waals surface area (Å²) >= 11 is 0. The van der Waals surface area contributed by atoms with Crippen LogP contribution >= 0.6 is 0 Å². The molecule has 1 aromatic heterocycles. The van der Waals surface area contributed by atoms with E-state index in [0.29, 0.717) is 0 Å². The van der Waals surface area contributed by atoms with Gasteiger partial charge in [0.2, 0.25) is 5.92 Å². The highest BCUT2D eigenvalue weighted by atomic mass is 19.3. The molecule has 0 aliphatic heterocycles. The lowest BCUT2D eigenvalue weighted by Gasteiger charge is -2.27. The topological polar surface area (TPSA) is 38.9 Å². The molecular formula is C11H13F3N2. The van der Waals surface area contributed by atoms with Crippen molar-refractivity contribution in [3.63, 3.8) is 0 Å². The summed E-state index contributed by atoms with van der Waals surface area (Å²) in [6.45, 7) is 0. The summed E-state index contributed by atoms with van der Waals surface area (Å²) in [5, 5.41) is 0. The highest BCUT2D eigenvalue weighted by Gasteiger charge is 2.36. The van der Waals surface area contributed by atoms with Crippen LogP contribution in [0.15, 0.2) is 12.3 Å². The summed E-state index contributed by atoms with van der Waals surface area (Å²) in [7, 11) is 0. The van der Waals surface area contributed by atoms with Crippen molar-refractivity contribution in [3.8, 4) is 0 Å². The molecule has 0 radical (unpaired) electrons. The van der Waals surface area contributed by atoms with Gasteiger partial charge in [-0.2, -0.15) is 0 Å². The van der Waals surface area contributed by atoms with E-state index in [1.807, 2.05) is 0 Å². The maximum atomic E-state index is 13.5. The van der Waals surface area contributed by atoms with Gasteiger partial charge >= 0.3 is 0 Å². The SMILES string of the molecule is Nc1cnc(C2CCC(F)(F)CC2)c(F)c1. The largest absolute Gasteiger partial charge is 0.397 e. The maximum Gasteiger partial charge on any atom is 0.248 e. The minimum Gasteiger partial charge on any atom is -0.397 e. The number of alkyl halides is 2. The Morgan fingerprint density at radius 3 is 2.50 bits per heavy atom. The van der Waals surface area contributed by atoms with Crippen molar-refractivity contribution in [3.05, 3.63) is 23.8 Å². The summed E-state index contributed by atoms with van der Waals surface area (Å²) in [5.74, 6) is -3.30. The number of hydrogen-bond donors (Lipinski definition) is 1. The van der Waals surface area contributed by atoms with Gasteiger partial charge in [0, 0.05) is 24.8 Å². The Hall–Kier alpha value is -1.26. The number of rotatable bonds is 1. The maximum absolute atomic E-state index is 13.5. The lowest BCUT2D eigenvalue weighted by atomic mass is 9.84. The van der Waals surface area contributed by atoms with Crippen LogP contribution in [0.1, 0.15) is 37.3 Å². The molecule has 0 bridgehead atoms. The molecule has 88 valence electrons. The van der Waals surface area contributed by atoms with Crippen LogP contribution < -0.4 is 5.73 Å². The molecule has 1 fully saturated rings. The molecule has 1 aliphatic carbocycles. The van der Waals surface area contributed by atoms with E-state index in [9.17, 15) is 13.2 Å². The van der Waals surface area contributed by atoms with Gasteiger partial charge < -0.3 is 5.73 Å².